The lowest BCUT2D eigenvalue weighted by molar-refractivity contribution is 0.195. The minimum Gasteiger partial charge on any atom is -0.0925 e. The summed E-state index contributed by atoms with van der Waals surface area (Å²) >= 11 is 3.70. The SMILES string of the molecule is CCC1CCCC2(C1)C(CBr)C2(C)C. The molecule has 0 bridgehead atoms. The quantitative estimate of drug-likeness (QED) is 0.634. The van der Waals surface area contributed by atoms with Gasteiger partial charge >= 0.3 is 0 Å². The van der Waals surface area contributed by atoms with Gasteiger partial charge in [0.25, 0.3) is 0 Å². The van der Waals surface area contributed by atoms with E-state index in [1.807, 2.05) is 0 Å². The van der Waals surface area contributed by atoms with Crippen molar-refractivity contribution >= 4 is 15.9 Å². The van der Waals surface area contributed by atoms with E-state index in [1.54, 1.807) is 0 Å². The zero-order valence-electron chi connectivity index (χ0n) is 9.78. The van der Waals surface area contributed by atoms with E-state index >= 15 is 0 Å². The molecule has 0 radical (unpaired) electrons. The fraction of sp³-hybridized carbons (Fsp3) is 1.00. The second kappa shape index (κ2) is 3.50. The maximum absolute atomic E-state index is 3.70. The van der Waals surface area contributed by atoms with Crippen LogP contribution in [0.25, 0.3) is 0 Å². The first kappa shape index (κ1) is 11.0. The van der Waals surface area contributed by atoms with Gasteiger partial charge in [0.1, 0.15) is 0 Å². The first-order chi connectivity index (χ1) is 6.58. The average Bonchev–Trinajstić information content (AvgIpc) is 2.61. The molecule has 14 heavy (non-hydrogen) atoms. The van der Waals surface area contributed by atoms with Gasteiger partial charge < -0.3 is 0 Å². The van der Waals surface area contributed by atoms with Gasteiger partial charge in [0.2, 0.25) is 0 Å². The highest BCUT2D eigenvalue weighted by molar-refractivity contribution is 9.09. The summed E-state index contributed by atoms with van der Waals surface area (Å²) in [6.45, 7) is 7.33. The van der Waals surface area contributed by atoms with Crippen molar-refractivity contribution in [3.05, 3.63) is 0 Å². The third-order valence-electron chi connectivity index (χ3n) is 5.36. The van der Waals surface area contributed by atoms with Crippen molar-refractivity contribution in [2.75, 3.05) is 5.33 Å². The van der Waals surface area contributed by atoms with Crippen LogP contribution in [0.2, 0.25) is 0 Å². The molecule has 0 nitrogen and oxygen atoms in total. The van der Waals surface area contributed by atoms with Crippen LogP contribution >= 0.6 is 15.9 Å². The van der Waals surface area contributed by atoms with E-state index in [-0.39, 0.29) is 0 Å². The number of hydrogen-bond donors (Lipinski definition) is 0. The number of halogens is 1. The molecule has 0 aromatic heterocycles. The monoisotopic (exact) mass is 258 g/mol. The van der Waals surface area contributed by atoms with Gasteiger partial charge in [-0.2, -0.15) is 0 Å². The lowest BCUT2D eigenvalue weighted by Gasteiger charge is -2.31. The second-order valence-corrected chi connectivity index (χ2v) is 6.60. The molecule has 0 aliphatic heterocycles. The molecule has 3 unspecified atom stereocenters. The highest BCUT2D eigenvalue weighted by atomic mass is 79.9. The first-order valence-electron chi connectivity index (χ1n) is 6.14. The summed E-state index contributed by atoms with van der Waals surface area (Å²) in [4.78, 5) is 0. The molecule has 1 spiro atoms. The first-order valence-corrected chi connectivity index (χ1v) is 7.26. The minimum absolute atomic E-state index is 0.615. The highest BCUT2D eigenvalue weighted by Gasteiger charge is 2.69. The predicted molar refractivity (Wildman–Crippen MR) is 65.7 cm³/mol. The van der Waals surface area contributed by atoms with Crippen molar-refractivity contribution in [2.24, 2.45) is 22.7 Å². The molecule has 0 saturated heterocycles. The van der Waals surface area contributed by atoms with Gasteiger partial charge in [0.15, 0.2) is 0 Å². The van der Waals surface area contributed by atoms with E-state index in [1.165, 1.54) is 37.4 Å². The molecule has 3 atom stereocenters. The van der Waals surface area contributed by atoms with Crippen LogP contribution < -0.4 is 0 Å². The minimum atomic E-state index is 0.615. The fourth-order valence-electron chi connectivity index (χ4n) is 4.08. The van der Waals surface area contributed by atoms with Crippen molar-refractivity contribution in [3.63, 3.8) is 0 Å². The number of rotatable bonds is 2. The van der Waals surface area contributed by atoms with E-state index in [2.05, 4.69) is 36.7 Å². The Morgan fingerprint density at radius 3 is 2.57 bits per heavy atom. The van der Waals surface area contributed by atoms with Crippen LogP contribution in [-0.4, -0.2) is 5.33 Å². The molecular weight excluding hydrogens is 236 g/mol. The Kier molecular flexibility index (Phi) is 2.75. The molecule has 1 heteroatoms. The van der Waals surface area contributed by atoms with Gasteiger partial charge in [-0.25, -0.2) is 0 Å². The maximum atomic E-state index is 3.70. The second-order valence-electron chi connectivity index (χ2n) is 5.96. The third kappa shape index (κ3) is 1.31. The van der Waals surface area contributed by atoms with Gasteiger partial charge in [-0.05, 0) is 35.5 Å². The zero-order valence-corrected chi connectivity index (χ0v) is 11.4. The normalized spacial score (nSPS) is 45.4. The zero-order chi connectivity index (χ0) is 10.4. The predicted octanol–water partition coefficient (Wildman–Crippen LogP) is 4.62. The molecule has 0 heterocycles. The van der Waals surface area contributed by atoms with Crippen molar-refractivity contribution < 1.29 is 0 Å². The summed E-state index contributed by atoms with van der Waals surface area (Å²) in [7, 11) is 0. The fourth-order valence-corrected chi connectivity index (χ4v) is 5.51. The largest absolute Gasteiger partial charge is 0.0925 e. The molecule has 2 aliphatic rings. The molecule has 0 amide bonds. The van der Waals surface area contributed by atoms with Crippen LogP contribution in [0.5, 0.6) is 0 Å². The Bertz CT molecular complexity index is 221. The molecular formula is C13H23Br. The smallest absolute Gasteiger partial charge is 0.00704 e. The van der Waals surface area contributed by atoms with Crippen LogP contribution in [0.4, 0.5) is 0 Å². The number of alkyl halides is 1. The van der Waals surface area contributed by atoms with Crippen LogP contribution in [0.1, 0.15) is 52.9 Å². The van der Waals surface area contributed by atoms with Gasteiger partial charge in [-0.15, -0.1) is 0 Å². The van der Waals surface area contributed by atoms with Crippen LogP contribution in [-0.2, 0) is 0 Å². The standard InChI is InChI=1S/C13H23Br/c1-4-10-6-5-7-13(8-10)11(9-14)12(13,2)3/h10-11H,4-9H2,1-3H3. The summed E-state index contributed by atoms with van der Waals surface area (Å²) in [6, 6.07) is 0. The summed E-state index contributed by atoms with van der Waals surface area (Å²) < 4.78 is 0. The molecule has 82 valence electrons. The molecule has 2 rings (SSSR count). The van der Waals surface area contributed by atoms with E-state index in [4.69, 9.17) is 0 Å². The molecule has 2 fully saturated rings. The molecule has 2 aliphatic carbocycles. The molecule has 2 saturated carbocycles. The Balaban J connectivity index is 2.10. The van der Waals surface area contributed by atoms with Crippen LogP contribution in [0.15, 0.2) is 0 Å². The molecule has 0 aromatic carbocycles. The maximum Gasteiger partial charge on any atom is 0.00704 e. The lowest BCUT2D eigenvalue weighted by Crippen LogP contribution is -2.20. The summed E-state index contributed by atoms with van der Waals surface area (Å²) in [5.41, 5.74) is 1.33. The molecule has 0 aromatic rings. The summed E-state index contributed by atoms with van der Waals surface area (Å²) in [5, 5.41) is 1.22. The Morgan fingerprint density at radius 1 is 1.36 bits per heavy atom. The molecule has 0 N–H and O–H groups in total. The summed E-state index contributed by atoms with van der Waals surface area (Å²) in [6.07, 6.45) is 7.36. The summed E-state index contributed by atoms with van der Waals surface area (Å²) in [5.74, 6) is 1.97. The topological polar surface area (TPSA) is 0 Å². The van der Waals surface area contributed by atoms with Crippen molar-refractivity contribution in [1.29, 1.82) is 0 Å². The van der Waals surface area contributed by atoms with Gasteiger partial charge in [-0.3, -0.25) is 0 Å². The van der Waals surface area contributed by atoms with Gasteiger partial charge in [0.05, 0.1) is 0 Å². The van der Waals surface area contributed by atoms with E-state index in [0.717, 1.165) is 17.3 Å². The Labute approximate surface area is 97.0 Å². The Hall–Kier alpha value is 0.480. The lowest BCUT2D eigenvalue weighted by atomic mass is 9.74. The van der Waals surface area contributed by atoms with Crippen LogP contribution in [0, 0.1) is 22.7 Å². The van der Waals surface area contributed by atoms with Crippen molar-refractivity contribution in [1.82, 2.24) is 0 Å². The van der Waals surface area contributed by atoms with E-state index in [9.17, 15) is 0 Å². The highest BCUT2D eigenvalue weighted by Crippen LogP contribution is 2.75. The average molecular weight is 259 g/mol. The van der Waals surface area contributed by atoms with E-state index < -0.39 is 0 Å². The van der Waals surface area contributed by atoms with Gasteiger partial charge in [0, 0.05) is 5.33 Å². The number of hydrogen-bond acceptors (Lipinski definition) is 0. The van der Waals surface area contributed by atoms with Crippen LogP contribution in [0.3, 0.4) is 0 Å². The van der Waals surface area contributed by atoms with Gasteiger partial charge in [-0.1, -0.05) is 56.0 Å². The van der Waals surface area contributed by atoms with Crippen molar-refractivity contribution in [3.8, 4) is 0 Å². The third-order valence-corrected chi connectivity index (χ3v) is 6.01. The Morgan fingerprint density at radius 2 is 2.07 bits per heavy atom. The van der Waals surface area contributed by atoms with E-state index in [0.29, 0.717) is 5.41 Å². The van der Waals surface area contributed by atoms with Crippen molar-refractivity contribution in [2.45, 2.75) is 52.9 Å².